The Balaban J connectivity index is 2.75. The van der Waals surface area contributed by atoms with E-state index in [-0.39, 0.29) is 0 Å². The van der Waals surface area contributed by atoms with Crippen LogP contribution < -0.4 is 0 Å². The Morgan fingerprint density at radius 2 is 2.50 bits per heavy atom. The molecule has 1 nitrogen and oxygen atoms in total. The molecule has 53 valence electrons. The van der Waals surface area contributed by atoms with Crippen LogP contribution >= 0.6 is 0 Å². The van der Waals surface area contributed by atoms with Crippen LogP contribution in [0.25, 0.3) is 0 Å². The summed E-state index contributed by atoms with van der Waals surface area (Å²) in [5.74, 6) is 0.614. The van der Waals surface area contributed by atoms with E-state index in [2.05, 4.69) is 24.9 Å². The van der Waals surface area contributed by atoms with Crippen molar-refractivity contribution in [3.63, 3.8) is 0 Å². The maximum Gasteiger partial charge on any atom is 0.0349 e. The standard InChI is InChI=1S/C9H12N/c1-3-8(2)9-4-6-10-7-5-9/h4,6-8H,3H2,1-2H3. The summed E-state index contributed by atoms with van der Waals surface area (Å²) in [4.78, 5) is 3.91. The Morgan fingerprint density at radius 1 is 1.70 bits per heavy atom. The molecule has 1 rings (SSSR count). The summed E-state index contributed by atoms with van der Waals surface area (Å²) in [5.41, 5.74) is 1.26. The molecule has 10 heavy (non-hydrogen) atoms. The summed E-state index contributed by atoms with van der Waals surface area (Å²) in [7, 11) is 0. The van der Waals surface area contributed by atoms with Crippen LogP contribution in [-0.2, 0) is 0 Å². The van der Waals surface area contributed by atoms with Crippen molar-refractivity contribution < 1.29 is 0 Å². The van der Waals surface area contributed by atoms with Gasteiger partial charge in [0.25, 0.3) is 0 Å². The van der Waals surface area contributed by atoms with Crippen LogP contribution in [0.2, 0.25) is 0 Å². The summed E-state index contributed by atoms with van der Waals surface area (Å²) in [5, 5.41) is 0. The van der Waals surface area contributed by atoms with Crippen LogP contribution in [0.15, 0.2) is 18.5 Å². The Hall–Kier alpha value is -0.850. The average molecular weight is 134 g/mol. The fraction of sp³-hybridized carbons (Fsp3) is 0.444. The predicted molar refractivity (Wildman–Crippen MR) is 41.8 cm³/mol. The van der Waals surface area contributed by atoms with Gasteiger partial charge in [-0.3, -0.25) is 4.98 Å². The van der Waals surface area contributed by atoms with Crippen LogP contribution in [0.1, 0.15) is 31.7 Å². The largest absolute Gasteiger partial charge is 0.264 e. The van der Waals surface area contributed by atoms with Crippen LogP contribution in [0.4, 0.5) is 0 Å². The molecule has 0 aliphatic heterocycles. The van der Waals surface area contributed by atoms with E-state index in [0.717, 1.165) is 0 Å². The summed E-state index contributed by atoms with van der Waals surface area (Å²) >= 11 is 0. The SMILES string of the molecule is CCC(C)c1[c]cncc1. The zero-order valence-corrected chi connectivity index (χ0v) is 6.46. The summed E-state index contributed by atoms with van der Waals surface area (Å²) in [6.45, 7) is 4.38. The first-order chi connectivity index (χ1) is 4.84. The van der Waals surface area contributed by atoms with Gasteiger partial charge in [0.05, 0.1) is 0 Å². The fourth-order valence-corrected chi connectivity index (χ4v) is 0.853. The lowest BCUT2D eigenvalue weighted by Crippen LogP contribution is -1.90. The number of hydrogen-bond acceptors (Lipinski definition) is 1. The Kier molecular flexibility index (Phi) is 2.43. The zero-order chi connectivity index (χ0) is 7.40. The van der Waals surface area contributed by atoms with E-state index >= 15 is 0 Å². The number of hydrogen-bond donors (Lipinski definition) is 0. The van der Waals surface area contributed by atoms with E-state index in [1.165, 1.54) is 12.0 Å². The lowest BCUT2D eigenvalue weighted by atomic mass is 10.0. The molecule has 0 spiro atoms. The minimum atomic E-state index is 0.614. The minimum Gasteiger partial charge on any atom is -0.264 e. The lowest BCUT2D eigenvalue weighted by molar-refractivity contribution is 0.731. The first-order valence-corrected chi connectivity index (χ1v) is 3.66. The maximum atomic E-state index is 3.91. The molecule has 0 amide bonds. The van der Waals surface area contributed by atoms with E-state index < -0.39 is 0 Å². The second-order valence-corrected chi connectivity index (χ2v) is 2.50. The van der Waals surface area contributed by atoms with Crippen LogP contribution in [0.5, 0.6) is 0 Å². The van der Waals surface area contributed by atoms with E-state index in [4.69, 9.17) is 0 Å². The number of nitrogens with zero attached hydrogens (tertiary/aromatic N) is 1. The van der Waals surface area contributed by atoms with Gasteiger partial charge in [0, 0.05) is 18.5 Å². The minimum absolute atomic E-state index is 0.614. The highest BCUT2D eigenvalue weighted by molar-refractivity contribution is 5.12. The highest BCUT2D eigenvalue weighted by atomic mass is 14.6. The van der Waals surface area contributed by atoms with Gasteiger partial charge in [-0.15, -0.1) is 0 Å². The molecule has 0 fully saturated rings. The third kappa shape index (κ3) is 1.56. The highest BCUT2D eigenvalue weighted by Gasteiger charge is 1.99. The van der Waals surface area contributed by atoms with Crippen molar-refractivity contribution >= 4 is 0 Å². The van der Waals surface area contributed by atoms with Crippen molar-refractivity contribution in [2.75, 3.05) is 0 Å². The molecule has 0 aliphatic carbocycles. The molecular weight excluding hydrogens is 122 g/mol. The topological polar surface area (TPSA) is 12.9 Å². The second-order valence-electron chi connectivity index (χ2n) is 2.50. The van der Waals surface area contributed by atoms with E-state index in [9.17, 15) is 0 Å². The molecule has 0 saturated carbocycles. The van der Waals surface area contributed by atoms with Crippen molar-refractivity contribution in [2.45, 2.75) is 26.2 Å². The van der Waals surface area contributed by atoms with Gasteiger partial charge in [-0.1, -0.05) is 13.8 Å². The quantitative estimate of drug-likeness (QED) is 0.605. The van der Waals surface area contributed by atoms with Gasteiger partial charge in [-0.25, -0.2) is 0 Å². The molecule has 1 heterocycles. The molecule has 1 heteroatoms. The molecule has 0 aliphatic rings. The van der Waals surface area contributed by atoms with Crippen molar-refractivity contribution in [3.8, 4) is 0 Å². The summed E-state index contributed by atoms with van der Waals surface area (Å²) in [6.07, 6.45) is 4.71. The van der Waals surface area contributed by atoms with Gasteiger partial charge in [0.1, 0.15) is 0 Å². The number of pyridine rings is 1. The van der Waals surface area contributed by atoms with Gasteiger partial charge in [0.15, 0.2) is 0 Å². The first kappa shape index (κ1) is 7.26. The van der Waals surface area contributed by atoms with Crippen molar-refractivity contribution in [1.82, 2.24) is 4.98 Å². The molecule has 0 N–H and O–H groups in total. The highest BCUT2D eigenvalue weighted by Crippen LogP contribution is 2.15. The van der Waals surface area contributed by atoms with E-state index in [0.29, 0.717) is 5.92 Å². The molecule has 1 atom stereocenters. The zero-order valence-electron chi connectivity index (χ0n) is 6.46. The smallest absolute Gasteiger partial charge is 0.0349 e. The molecule has 0 aromatic carbocycles. The van der Waals surface area contributed by atoms with E-state index in [1.54, 1.807) is 6.20 Å². The van der Waals surface area contributed by atoms with Crippen molar-refractivity contribution in [1.29, 1.82) is 0 Å². The van der Waals surface area contributed by atoms with Gasteiger partial charge < -0.3 is 0 Å². The van der Waals surface area contributed by atoms with Gasteiger partial charge >= 0.3 is 0 Å². The lowest BCUT2D eigenvalue weighted by Gasteiger charge is -2.05. The van der Waals surface area contributed by atoms with Crippen molar-refractivity contribution in [2.24, 2.45) is 0 Å². The molecule has 1 radical (unpaired) electrons. The normalized spacial score (nSPS) is 13.0. The monoisotopic (exact) mass is 134 g/mol. The molecule has 1 aromatic heterocycles. The van der Waals surface area contributed by atoms with E-state index in [1.807, 2.05) is 12.3 Å². The van der Waals surface area contributed by atoms with Gasteiger partial charge in [-0.05, 0) is 24.0 Å². The van der Waals surface area contributed by atoms with Crippen LogP contribution in [-0.4, -0.2) is 4.98 Å². The molecule has 0 bridgehead atoms. The number of rotatable bonds is 2. The summed E-state index contributed by atoms with van der Waals surface area (Å²) in [6, 6.07) is 5.13. The molecular formula is C9H12N. The Labute approximate surface area is 62.1 Å². The second kappa shape index (κ2) is 3.35. The Bertz CT molecular complexity index is 181. The molecule has 1 unspecified atom stereocenters. The fourth-order valence-electron chi connectivity index (χ4n) is 0.853. The Morgan fingerprint density at radius 3 is 3.00 bits per heavy atom. The van der Waals surface area contributed by atoms with Gasteiger partial charge in [-0.2, -0.15) is 0 Å². The predicted octanol–water partition coefficient (Wildman–Crippen LogP) is 2.40. The maximum absolute atomic E-state index is 3.91. The van der Waals surface area contributed by atoms with Gasteiger partial charge in [0.2, 0.25) is 0 Å². The van der Waals surface area contributed by atoms with Crippen LogP contribution in [0, 0.1) is 6.07 Å². The van der Waals surface area contributed by atoms with Crippen molar-refractivity contribution in [3.05, 3.63) is 30.1 Å². The third-order valence-corrected chi connectivity index (χ3v) is 1.79. The summed E-state index contributed by atoms with van der Waals surface area (Å²) < 4.78 is 0. The number of aromatic nitrogens is 1. The average Bonchev–Trinajstić information content (AvgIpc) is 2.05. The molecule has 0 saturated heterocycles. The van der Waals surface area contributed by atoms with Crippen LogP contribution in [0.3, 0.4) is 0 Å². The third-order valence-electron chi connectivity index (χ3n) is 1.79. The first-order valence-electron chi connectivity index (χ1n) is 3.66. The molecule has 1 aromatic rings.